The molecular formula is C11H22N2O. The lowest BCUT2D eigenvalue weighted by atomic mass is 9.80. The molecule has 2 aliphatic rings. The molecule has 2 aliphatic heterocycles. The quantitative estimate of drug-likeness (QED) is 0.723. The summed E-state index contributed by atoms with van der Waals surface area (Å²) < 4.78 is 5.29. The molecule has 2 rings (SSSR count). The van der Waals surface area contributed by atoms with Crippen molar-refractivity contribution >= 4 is 0 Å². The summed E-state index contributed by atoms with van der Waals surface area (Å²) in [6.45, 7) is 8.18. The second-order valence-electron chi connectivity index (χ2n) is 5.09. The second kappa shape index (κ2) is 4.17. The molecule has 0 aliphatic carbocycles. The first-order chi connectivity index (χ1) is 6.73. The molecule has 0 aromatic carbocycles. The zero-order valence-corrected chi connectivity index (χ0v) is 9.38. The van der Waals surface area contributed by atoms with Crippen LogP contribution in [0.3, 0.4) is 0 Å². The zero-order chi connectivity index (χ0) is 10.0. The Balaban J connectivity index is 1.78. The van der Waals surface area contributed by atoms with Gasteiger partial charge in [-0.2, -0.15) is 0 Å². The number of hydrogen-bond acceptors (Lipinski definition) is 3. The van der Waals surface area contributed by atoms with Crippen molar-refractivity contribution in [3.8, 4) is 0 Å². The summed E-state index contributed by atoms with van der Waals surface area (Å²) in [5.41, 5.74) is 0.433. The van der Waals surface area contributed by atoms with Gasteiger partial charge in [0.15, 0.2) is 0 Å². The van der Waals surface area contributed by atoms with Gasteiger partial charge in [-0.05, 0) is 31.3 Å². The van der Waals surface area contributed by atoms with Crippen LogP contribution < -0.4 is 5.32 Å². The van der Waals surface area contributed by atoms with Gasteiger partial charge in [-0.3, -0.25) is 4.90 Å². The third-order valence-electron chi connectivity index (χ3n) is 3.77. The molecule has 1 N–H and O–H groups in total. The van der Waals surface area contributed by atoms with Crippen LogP contribution >= 0.6 is 0 Å². The minimum Gasteiger partial charge on any atom is -0.384 e. The lowest BCUT2D eigenvalue weighted by molar-refractivity contribution is 0.0122. The Bertz CT molecular complexity index is 184. The van der Waals surface area contributed by atoms with Crippen LogP contribution in [0.4, 0.5) is 0 Å². The molecule has 82 valence electrons. The molecule has 3 heteroatoms. The third-order valence-corrected chi connectivity index (χ3v) is 3.77. The summed E-state index contributed by atoms with van der Waals surface area (Å²) in [4.78, 5) is 2.63. The molecule has 2 fully saturated rings. The van der Waals surface area contributed by atoms with Crippen molar-refractivity contribution < 1.29 is 4.74 Å². The molecule has 14 heavy (non-hydrogen) atoms. The smallest absolute Gasteiger partial charge is 0.0516 e. The van der Waals surface area contributed by atoms with Crippen LogP contribution in [-0.4, -0.2) is 50.8 Å². The van der Waals surface area contributed by atoms with Crippen LogP contribution in [0.5, 0.6) is 0 Å². The lowest BCUT2D eigenvalue weighted by Gasteiger charge is -2.45. The molecule has 0 spiro atoms. The van der Waals surface area contributed by atoms with E-state index in [2.05, 4.69) is 17.1 Å². The number of piperidine rings is 1. The number of likely N-dealkylation sites (tertiary alicyclic amines) is 1. The standard InChI is InChI=1S/C11H22N2O/c1-11(9-14-2)3-5-13(6-4-11)10-7-12-8-10/h10,12H,3-9H2,1-2H3. The Morgan fingerprint density at radius 1 is 1.36 bits per heavy atom. The molecule has 0 atom stereocenters. The molecule has 0 aromatic heterocycles. The van der Waals surface area contributed by atoms with Crippen LogP contribution in [0.2, 0.25) is 0 Å². The van der Waals surface area contributed by atoms with Crippen LogP contribution in [0.15, 0.2) is 0 Å². The van der Waals surface area contributed by atoms with Crippen LogP contribution in [-0.2, 0) is 4.74 Å². The van der Waals surface area contributed by atoms with Gasteiger partial charge in [0.05, 0.1) is 6.61 Å². The maximum absolute atomic E-state index is 5.29. The number of nitrogens with one attached hydrogen (secondary N) is 1. The van der Waals surface area contributed by atoms with Crippen molar-refractivity contribution in [1.82, 2.24) is 10.2 Å². The van der Waals surface area contributed by atoms with E-state index in [-0.39, 0.29) is 0 Å². The maximum atomic E-state index is 5.29. The van der Waals surface area contributed by atoms with Gasteiger partial charge in [-0.1, -0.05) is 6.92 Å². The zero-order valence-electron chi connectivity index (χ0n) is 9.38. The Morgan fingerprint density at radius 2 is 2.00 bits per heavy atom. The normalized spacial score (nSPS) is 28.7. The average Bonchev–Trinajstić information content (AvgIpc) is 2.06. The summed E-state index contributed by atoms with van der Waals surface area (Å²) in [6.07, 6.45) is 2.58. The third kappa shape index (κ3) is 2.10. The molecule has 0 saturated carbocycles. The predicted octanol–water partition coefficient (Wildman–Crippen LogP) is 0.707. The first-order valence-electron chi connectivity index (χ1n) is 5.67. The minimum absolute atomic E-state index is 0.433. The van der Waals surface area contributed by atoms with Gasteiger partial charge in [0.1, 0.15) is 0 Å². The van der Waals surface area contributed by atoms with E-state index in [1.165, 1.54) is 39.0 Å². The van der Waals surface area contributed by atoms with Crippen LogP contribution in [0.1, 0.15) is 19.8 Å². The summed E-state index contributed by atoms with van der Waals surface area (Å²) in [6, 6.07) is 0.821. The Labute approximate surface area is 86.8 Å². The van der Waals surface area contributed by atoms with E-state index in [1.54, 1.807) is 0 Å². The predicted molar refractivity (Wildman–Crippen MR) is 57.4 cm³/mol. The van der Waals surface area contributed by atoms with Crippen LogP contribution in [0.25, 0.3) is 0 Å². The molecule has 0 aromatic rings. The van der Waals surface area contributed by atoms with Crippen molar-refractivity contribution in [3.63, 3.8) is 0 Å². The van der Waals surface area contributed by atoms with Crippen molar-refractivity contribution in [1.29, 1.82) is 0 Å². The van der Waals surface area contributed by atoms with Crippen molar-refractivity contribution in [2.75, 3.05) is 39.9 Å². The van der Waals surface area contributed by atoms with E-state index in [0.29, 0.717) is 5.41 Å². The Morgan fingerprint density at radius 3 is 2.43 bits per heavy atom. The number of methoxy groups -OCH3 is 1. The fourth-order valence-electron chi connectivity index (χ4n) is 2.45. The number of ether oxygens (including phenoxy) is 1. The summed E-state index contributed by atoms with van der Waals surface area (Å²) in [5.74, 6) is 0. The van der Waals surface area contributed by atoms with Gasteiger partial charge in [-0.25, -0.2) is 0 Å². The minimum atomic E-state index is 0.433. The summed E-state index contributed by atoms with van der Waals surface area (Å²) in [5, 5.41) is 3.34. The molecule has 0 amide bonds. The number of nitrogens with zero attached hydrogens (tertiary/aromatic N) is 1. The van der Waals surface area contributed by atoms with Gasteiger partial charge >= 0.3 is 0 Å². The Hall–Kier alpha value is -0.120. The maximum Gasteiger partial charge on any atom is 0.0516 e. The second-order valence-corrected chi connectivity index (χ2v) is 5.09. The fraction of sp³-hybridized carbons (Fsp3) is 1.00. The molecule has 0 unspecified atom stereocenters. The highest BCUT2D eigenvalue weighted by atomic mass is 16.5. The highest BCUT2D eigenvalue weighted by Gasteiger charge is 2.34. The SMILES string of the molecule is COCC1(C)CCN(C2CNC2)CC1. The van der Waals surface area contributed by atoms with Gasteiger partial charge in [0, 0.05) is 26.2 Å². The van der Waals surface area contributed by atoms with Gasteiger partial charge in [-0.15, -0.1) is 0 Å². The monoisotopic (exact) mass is 198 g/mol. The largest absolute Gasteiger partial charge is 0.384 e. The first-order valence-corrected chi connectivity index (χ1v) is 5.67. The average molecular weight is 198 g/mol. The van der Waals surface area contributed by atoms with Crippen LogP contribution in [0, 0.1) is 5.41 Å². The Kier molecular flexibility index (Phi) is 3.10. The molecule has 0 bridgehead atoms. The number of hydrogen-bond donors (Lipinski definition) is 1. The van der Waals surface area contributed by atoms with E-state index in [1.807, 2.05) is 7.11 Å². The van der Waals surface area contributed by atoms with Gasteiger partial charge < -0.3 is 10.1 Å². The lowest BCUT2D eigenvalue weighted by Crippen LogP contribution is -2.59. The number of rotatable bonds is 3. The van der Waals surface area contributed by atoms with E-state index in [0.717, 1.165) is 12.6 Å². The molecule has 0 radical (unpaired) electrons. The highest BCUT2D eigenvalue weighted by molar-refractivity contribution is 4.90. The van der Waals surface area contributed by atoms with Gasteiger partial charge in [0.25, 0.3) is 0 Å². The van der Waals surface area contributed by atoms with Crippen molar-refractivity contribution in [2.24, 2.45) is 5.41 Å². The molecule has 2 saturated heterocycles. The van der Waals surface area contributed by atoms with E-state index in [4.69, 9.17) is 4.74 Å². The molecule has 2 heterocycles. The fourth-order valence-corrected chi connectivity index (χ4v) is 2.45. The van der Waals surface area contributed by atoms with E-state index >= 15 is 0 Å². The van der Waals surface area contributed by atoms with Crippen molar-refractivity contribution in [3.05, 3.63) is 0 Å². The topological polar surface area (TPSA) is 24.5 Å². The highest BCUT2D eigenvalue weighted by Crippen LogP contribution is 2.31. The summed E-state index contributed by atoms with van der Waals surface area (Å²) in [7, 11) is 1.81. The summed E-state index contributed by atoms with van der Waals surface area (Å²) >= 11 is 0. The van der Waals surface area contributed by atoms with E-state index in [9.17, 15) is 0 Å². The molecular weight excluding hydrogens is 176 g/mol. The first kappa shape index (κ1) is 10.4. The molecule has 3 nitrogen and oxygen atoms in total. The van der Waals surface area contributed by atoms with Gasteiger partial charge in [0.2, 0.25) is 0 Å². The van der Waals surface area contributed by atoms with Crippen molar-refractivity contribution in [2.45, 2.75) is 25.8 Å². The van der Waals surface area contributed by atoms with E-state index < -0.39 is 0 Å².